The van der Waals surface area contributed by atoms with Crippen molar-refractivity contribution in [1.82, 2.24) is 15.5 Å². The van der Waals surface area contributed by atoms with Crippen LogP contribution in [0.25, 0.3) is 0 Å². The van der Waals surface area contributed by atoms with Gasteiger partial charge in [0.05, 0.1) is 0 Å². The van der Waals surface area contributed by atoms with Crippen LogP contribution in [0, 0.1) is 0 Å². The lowest BCUT2D eigenvalue weighted by Crippen LogP contribution is -2.43. The van der Waals surface area contributed by atoms with Gasteiger partial charge in [0.25, 0.3) is 0 Å². The molecule has 0 radical (unpaired) electrons. The Morgan fingerprint density at radius 3 is 2.77 bits per heavy atom. The highest BCUT2D eigenvalue weighted by Gasteiger charge is 2.14. The Labute approximate surface area is 133 Å². The maximum absolute atomic E-state index is 5.04. The van der Waals surface area contributed by atoms with Gasteiger partial charge in [0.15, 0.2) is 5.96 Å². The Bertz CT molecular complexity index is 475. The zero-order chi connectivity index (χ0) is 15.6. The van der Waals surface area contributed by atoms with Gasteiger partial charge in [-0.15, -0.1) is 0 Å². The first-order valence-corrected chi connectivity index (χ1v) is 8.06. The van der Waals surface area contributed by atoms with Crippen LogP contribution in [-0.2, 0) is 17.7 Å². The highest BCUT2D eigenvalue weighted by atomic mass is 16.5. The largest absolute Gasteiger partial charge is 0.385 e. The molecule has 1 aromatic carbocycles. The van der Waals surface area contributed by atoms with Crippen molar-refractivity contribution in [2.24, 2.45) is 4.99 Å². The predicted octanol–water partition coefficient (Wildman–Crippen LogP) is 1.25. The summed E-state index contributed by atoms with van der Waals surface area (Å²) in [4.78, 5) is 6.73. The minimum atomic E-state index is 0.775. The number of nitrogens with one attached hydrogen (secondary N) is 2. The molecular formula is C17H28N4O. The van der Waals surface area contributed by atoms with Crippen LogP contribution in [0.1, 0.15) is 17.5 Å². The van der Waals surface area contributed by atoms with Crippen LogP contribution in [0.4, 0.5) is 0 Å². The molecule has 0 bridgehead atoms. The first-order chi connectivity index (χ1) is 10.8. The molecule has 0 saturated heterocycles. The molecule has 0 saturated carbocycles. The third kappa shape index (κ3) is 5.31. The summed E-state index contributed by atoms with van der Waals surface area (Å²) >= 11 is 0. The van der Waals surface area contributed by atoms with Crippen LogP contribution in [0.2, 0.25) is 0 Å². The third-order valence-corrected chi connectivity index (χ3v) is 3.97. The van der Waals surface area contributed by atoms with Gasteiger partial charge in [-0.3, -0.25) is 9.89 Å². The molecule has 122 valence electrons. The summed E-state index contributed by atoms with van der Waals surface area (Å²) in [5.41, 5.74) is 2.97. The van der Waals surface area contributed by atoms with Gasteiger partial charge in [0.2, 0.25) is 0 Å². The van der Waals surface area contributed by atoms with E-state index in [1.54, 1.807) is 7.11 Å². The zero-order valence-corrected chi connectivity index (χ0v) is 13.8. The molecule has 2 N–H and O–H groups in total. The van der Waals surface area contributed by atoms with Gasteiger partial charge in [-0.05, 0) is 24.0 Å². The van der Waals surface area contributed by atoms with Crippen molar-refractivity contribution >= 4 is 5.96 Å². The molecule has 0 unspecified atom stereocenters. The minimum absolute atomic E-state index is 0.775. The van der Waals surface area contributed by atoms with E-state index >= 15 is 0 Å². The van der Waals surface area contributed by atoms with Crippen LogP contribution in [0.3, 0.4) is 0 Å². The van der Waals surface area contributed by atoms with Crippen molar-refractivity contribution < 1.29 is 4.74 Å². The highest BCUT2D eigenvalue weighted by Crippen LogP contribution is 2.17. The molecule has 1 aliphatic rings. The van der Waals surface area contributed by atoms with E-state index in [1.165, 1.54) is 11.1 Å². The summed E-state index contributed by atoms with van der Waals surface area (Å²) in [6, 6.07) is 8.75. The van der Waals surface area contributed by atoms with E-state index in [1.807, 2.05) is 7.05 Å². The molecule has 0 fully saturated rings. The van der Waals surface area contributed by atoms with Crippen molar-refractivity contribution in [3.05, 3.63) is 35.4 Å². The second-order valence-electron chi connectivity index (χ2n) is 5.57. The van der Waals surface area contributed by atoms with Gasteiger partial charge in [0.1, 0.15) is 0 Å². The van der Waals surface area contributed by atoms with E-state index in [2.05, 4.69) is 44.8 Å². The topological polar surface area (TPSA) is 48.9 Å². The SMILES string of the molecule is CN=C(NCCCOC)NCCN1CCc2ccccc2C1. The van der Waals surface area contributed by atoms with Crippen molar-refractivity contribution in [3.8, 4) is 0 Å². The molecule has 0 amide bonds. The van der Waals surface area contributed by atoms with Crippen LogP contribution in [-0.4, -0.2) is 57.8 Å². The third-order valence-electron chi connectivity index (χ3n) is 3.97. The van der Waals surface area contributed by atoms with Crippen LogP contribution < -0.4 is 10.6 Å². The van der Waals surface area contributed by atoms with Crippen molar-refractivity contribution in [1.29, 1.82) is 0 Å². The van der Waals surface area contributed by atoms with Crippen molar-refractivity contribution in [3.63, 3.8) is 0 Å². The smallest absolute Gasteiger partial charge is 0.191 e. The monoisotopic (exact) mass is 304 g/mol. The van der Waals surface area contributed by atoms with Gasteiger partial charge in [-0.2, -0.15) is 0 Å². The average molecular weight is 304 g/mol. The molecule has 2 rings (SSSR count). The molecule has 0 atom stereocenters. The van der Waals surface area contributed by atoms with Gasteiger partial charge < -0.3 is 15.4 Å². The molecule has 0 spiro atoms. The number of aliphatic imine (C=N–C) groups is 1. The first kappa shape index (κ1) is 16.8. The lowest BCUT2D eigenvalue weighted by atomic mass is 10.00. The first-order valence-electron chi connectivity index (χ1n) is 8.06. The van der Waals surface area contributed by atoms with Gasteiger partial charge >= 0.3 is 0 Å². The number of fused-ring (bicyclic) bond motifs is 1. The van der Waals surface area contributed by atoms with Gasteiger partial charge in [0, 0.05) is 53.5 Å². The standard InChI is InChI=1S/C17H28N4O/c1-18-17(19-9-5-13-22-2)20-10-12-21-11-8-15-6-3-4-7-16(15)14-21/h3-4,6-7H,5,8-14H2,1-2H3,(H2,18,19,20). The second kappa shape index (κ2) is 9.43. The fraction of sp³-hybridized carbons (Fsp3) is 0.588. The van der Waals surface area contributed by atoms with E-state index in [-0.39, 0.29) is 0 Å². The summed E-state index contributed by atoms with van der Waals surface area (Å²) in [6.45, 7) is 5.79. The highest BCUT2D eigenvalue weighted by molar-refractivity contribution is 5.79. The Kier molecular flexibility index (Phi) is 7.19. The number of rotatable bonds is 7. The molecule has 5 nitrogen and oxygen atoms in total. The number of ether oxygens (including phenoxy) is 1. The quantitative estimate of drug-likeness (QED) is 0.452. The van der Waals surface area contributed by atoms with Crippen LogP contribution in [0.5, 0.6) is 0 Å². The number of hydrogen-bond donors (Lipinski definition) is 2. The number of nitrogens with zero attached hydrogens (tertiary/aromatic N) is 2. The normalized spacial score (nSPS) is 15.5. The summed E-state index contributed by atoms with van der Waals surface area (Å²) in [5, 5.41) is 6.67. The zero-order valence-electron chi connectivity index (χ0n) is 13.8. The van der Waals surface area contributed by atoms with E-state index in [0.29, 0.717) is 0 Å². The second-order valence-corrected chi connectivity index (χ2v) is 5.57. The maximum atomic E-state index is 5.04. The van der Waals surface area contributed by atoms with Crippen LogP contribution >= 0.6 is 0 Å². The van der Waals surface area contributed by atoms with Gasteiger partial charge in [-0.1, -0.05) is 24.3 Å². The lowest BCUT2D eigenvalue weighted by molar-refractivity contribution is 0.195. The summed E-state index contributed by atoms with van der Waals surface area (Å²) in [6.07, 6.45) is 2.14. The summed E-state index contributed by atoms with van der Waals surface area (Å²) < 4.78 is 5.04. The van der Waals surface area contributed by atoms with Crippen molar-refractivity contribution in [2.75, 3.05) is 46.9 Å². The Hall–Kier alpha value is -1.59. The fourth-order valence-electron chi connectivity index (χ4n) is 2.72. The van der Waals surface area contributed by atoms with E-state index in [0.717, 1.165) is 58.1 Å². The number of guanidine groups is 1. The summed E-state index contributed by atoms with van der Waals surface area (Å²) in [7, 11) is 3.53. The molecule has 1 aromatic rings. The minimum Gasteiger partial charge on any atom is -0.385 e. The fourth-order valence-corrected chi connectivity index (χ4v) is 2.72. The molecule has 0 aliphatic carbocycles. The van der Waals surface area contributed by atoms with E-state index in [9.17, 15) is 0 Å². The summed E-state index contributed by atoms with van der Waals surface area (Å²) in [5.74, 6) is 0.869. The molecule has 1 aliphatic heterocycles. The molecular weight excluding hydrogens is 276 g/mol. The predicted molar refractivity (Wildman–Crippen MR) is 91.3 cm³/mol. The van der Waals surface area contributed by atoms with Crippen molar-refractivity contribution in [2.45, 2.75) is 19.4 Å². The molecule has 1 heterocycles. The Morgan fingerprint density at radius 1 is 1.23 bits per heavy atom. The van der Waals surface area contributed by atoms with Gasteiger partial charge in [-0.25, -0.2) is 0 Å². The lowest BCUT2D eigenvalue weighted by Gasteiger charge is -2.28. The average Bonchev–Trinajstić information content (AvgIpc) is 2.57. The Balaban J connectivity index is 1.66. The van der Waals surface area contributed by atoms with E-state index < -0.39 is 0 Å². The molecule has 5 heteroatoms. The number of hydrogen-bond acceptors (Lipinski definition) is 3. The molecule has 0 aromatic heterocycles. The van der Waals surface area contributed by atoms with Crippen LogP contribution in [0.15, 0.2) is 29.3 Å². The Morgan fingerprint density at radius 2 is 2.00 bits per heavy atom. The molecule has 22 heavy (non-hydrogen) atoms. The van der Waals surface area contributed by atoms with E-state index in [4.69, 9.17) is 4.74 Å². The number of methoxy groups -OCH3 is 1. The number of benzene rings is 1. The maximum Gasteiger partial charge on any atom is 0.191 e.